The second-order valence-corrected chi connectivity index (χ2v) is 5.14. The smallest absolute Gasteiger partial charge is 0.270 e. The minimum absolute atomic E-state index is 0.0459. The number of para-hydroxylation sites is 1. The van der Waals surface area contributed by atoms with Gasteiger partial charge in [0, 0.05) is 25.0 Å². The number of piperazine rings is 1. The lowest BCUT2D eigenvalue weighted by molar-refractivity contribution is -0.120. The van der Waals surface area contributed by atoms with Gasteiger partial charge in [0.1, 0.15) is 12.2 Å². The summed E-state index contributed by atoms with van der Waals surface area (Å²) in [6.07, 6.45) is 1.71. The van der Waals surface area contributed by atoms with Crippen molar-refractivity contribution in [2.75, 3.05) is 24.5 Å². The van der Waals surface area contributed by atoms with E-state index < -0.39 is 0 Å². The maximum Gasteiger partial charge on any atom is 0.270 e. The lowest BCUT2D eigenvalue weighted by atomic mass is 10.1. The molecule has 0 atom stereocenters. The maximum atomic E-state index is 12.4. The van der Waals surface area contributed by atoms with E-state index >= 15 is 0 Å². The van der Waals surface area contributed by atoms with Crippen LogP contribution < -0.4 is 4.90 Å². The highest BCUT2D eigenvalue weighted by Crippen LogP contribution is 2.21. The SMILES string of the molecule is Cc1ccccc1N1CCN(C(=O)c2ccc[nH]2)CC1=O. The molecule has 1 N–H and O–H groups in total. The highest BCUT2D eigenvalue weighted by atomic mass is 16.2. The topological polar surface area (TPSA) is 56.4 Å². The van der Waals surface area contributed by atoms with Gasteiger partial charge < -0.3 is 14.8 Å². The van der Waals surface area contributed by atoms with Crippen LogP contribution >= 0.6 is 0 Å². The Hall–Kier alpha value is -2.56. The summed E-state index contributed by atoms with van der Waals surface area (Å²) in [5.74, 6) is -0.173. The Labute approximate surface area is 123 Å². The molecular weight excluding hydrogens is 266 g/mol. The predicted octanol–water partition coefficient (Wildman–Crippen LogP) is 1.81. The highest BCUT2D eigenvalue weighted by Gasteiger charge is 2.29. The third-order valence-corrected chi connectivity index (χ3v) is 3.74. The molecule has 1 saturated heterocycles. The Morgan fingerprint density at radius 1 is 1.14 bits per heavy atom. The van der Waals surface area contributed by atoms with Crippen molar-refractivity contribution in [3.8, 4) is 0 Å². The van der Waals surface area contributed by atoms with Gasteiger partial charge in [0.2, 0.25) is 5.91 Å². The van der Waals surface area contributed by atoms with E-state index in [0.717, 1.165) is 11.3 Å². The zero-order valence-corrected chi connectivity index (χ0v) is 11.9. The van der Waals surface area contributed by atoms with E-state index in [1.807, 2.05) is 31.2 Å². The molecule has 1 aliphatic rings. The molecular formula is C16H17N3O2. The molecule has 2 heterocycles. The molecule has 0 aliphatic carbocycles. The van der Waals surface area contributed by atoms with Crippen LogP contribution in [-0.2, 0) is 4.79 Å². The van der Waals surface area contributed by atoms with Crippen molar-refractivity contribution in [2.45, 2.75) is 6.92 Å². The molecule has 0 bridgehead atoms. The fraction of sp³-hybridized carbons (Fsp3) is 0.250. The molecule has 3 rings (SSSR count). The van der Waals surface area contributed by atoms with Crippen LogP contribution in [-0.4, -0.2) is 41.3 Å². The van der Waals surface area contributed by atoms with Gasteiger partial charge >= 0.3 is 0 Å². The van der Waals surface area contributed by atoms with Gasteiger partial charge in [-0.25, -0.2) is 0 Å². The van der Waals surface area contributed by atoms with E-state index in [0.29, 0.717) is 18.8 Å². The van der Waals surface area contributed by atoms with Crippen LogP contribution in [0.5, 0.6) is 0 Å². The number of carbonyl (C=O) groups excluding carboxylic acids is 2. The zero-order valence-electron chi connectivity index (χ0n) is 11.9. The van der Waals surface area contributed by atoms with E-state index in [1.54, 1.807) is 28.1 Å². The Morgan fingerprint density at radius 2 is 1.95 bits per heavy atom. The fourth-order valence-electron chi connectivity index (χ4n) is 2.60. The number of nitrogens with one attached hydrogen (secondary N) is 1. The maximum absolute atomic E-state index is 12.4. The number of aromatic amines is 1. The van der Waals surface area contributed by atoms with Crippen molar-refractivity contribution in [3.05, 3.63) is 53.9 Å². The standard InChI is InChI=1S/C16H17N3O2/c1-12-5-2-3-7-14(12)19-10-9-18(11-15(19)20)16(21)13-6-4-8-17-13/h2-8,17H,9-11H2,1H3. The van der Waals surface area contributed by atoms with Crippen LogP contribution in [0.25, 0.3) is 0 Å². The second-order valence-electron chi connectivity index (χ2n) is 5.14. The molecule has 1 aromatic carbocycles. The number of aryl methyl sites for hydroxylation is 1. The molecule has 2 amide bonds. The number of H-pyrrole nitrogens is 1. The molecule has 1 aromatic heterocycles. The third-order valence-electron chi connectivity index (χ3n) is 3.74. The van der Waals surface area contributed by atoms with E-state index in [1.165, 1.54) is 0 Å². The number of anilines is 1. The first-order valence-electron chi connectivity index (χ1n) is 6.95. The van der Waals surface area contributed by atoms with Gasteiger partial charge in [-0.1, -0.05) is 18.2 Å². The monoisotopic (exact) mass is 283 g/mol. The van der Waals surface area contributed by atoms with Crippen LogP contribution in [0, 0.1) is 6.92 Å². The van der Waals surface area contributed by atoms with Crippen LogP contribution in [0.4, 0.5) is 5.69 Å². The van der Waals surface area contributed by atoms with Crippen molar-refractivity contribution >= 4 is 17.5 Å². The molecule has 0 radical (unpaired) electrons. The molecule has 108 valence electrons. The summed E-state index contributed by atoms with van der Waals surface area (Å²) < 4.78 is 0. The summed E-state index contributed by atoms with van der Waals surface area (Å²) in [5, 5.41) is 0. The van der Waals surface area contributed by atoms with Gasteiger partial charge in [-0.05, 0) is 30.7 Å². The van der Waals surface area contributed by atoms with Gasteiger partial charge in [0.15, 0.2) is 0 Å². The molecule has 1 aliphatic heterocycles. The number of amides is 2. The summed E-state index contributed by atoms with van der Waals surface area (Å²) in [6.45, 7) is 3.17. The first kappa shape index (κ1) is 13.4. The molecule has 5 nitrogen and oxygen atoms in total. The van der Waals surface area contributed by atoms with Crippen LogP contribution in [0.2, 0.25) is 0 Å². The minimum atomic E-state index is -0.127. The Morgan fingerprint density at radius 3 is 2.62 bits per heavy atom. The summed E-state index contributed by atoms with van der Waals surface area (Å²) in [6, 6.07) is 11.3. The van der Waals surface area contributed by atoms with E-state index in [2.05, 4.69) is 4.98 Å². The number of carbonyl (C=O) groups is 2. The Bertz CT molecular complexity index is 664. The van der Waals surface area contributed by atoms with Crippen LogP contribution in [0.15, 0.2) is 42.6 Å². The lowest BCUT2D eigenvalue weighted by Gasteiger charge is -2.34. The second kappa shape index (κ2) is 5.44. The van der Waals surface area contributed by atoms with Crippen molar-refractivity contribution < 1.29 is 9.59 Å². The molecule has 2 aromatic rings. The number of aromatic nitrogens is 1. The van der Waals surface area contributed by atoms with Gasteiger partial charge in [0.05, 0.1) is 0 Å². The summed E-state index contributed by atoms with van der Waals surface area (Å²) in [5.41, 5.74) is 2.51. The lowest BCUT2D eigenvalue weighted by Crippen LogP contribution is -2.52. The average Bonchev–Trinajstić information content (AvgIpc) is 3.01. The number of benzene rings is 1. The largest absolute Gasteiger partial charge is 0.357 e. The highest BCUT2D eigenvalue weighted by molar-refractivity contribution is 6.01. The average molecular weight is 283 g/mol. The van der Waals surface area contributed by atoms with Crippen LogP contribution in [0.1, 0.15) is 16.1 Å². The number of nitrogens with zero attached hydrogens (tertiary/aromatic N) is 2. The molecule has 1 fully saturated rings. The van der Waals surface area contributed by atoms with E-state index in [4.69, 9.17) is 0 Å². The zero-order chi connectivity index (χ0) is 14.8. The Kier molecular flexibility index (Phi) is 3.48. The quantitative estimate of drug-likeness (QED) is 0.914. The fourth-order valence-corrected chi connectivity index (χ4v) is 2.60. The van der Waals surface area contributed by atoms with Gasteiger partial charge in [0.25, 0.3) is 5.91 Å². The predicted molar refractivity (Wildman–Crippen MR) is 80.2 cm³/mol. The molecule has 21 heavy (non-hydrogen) atoms. The third kappa shape index (κ3) is 2.54. The van der Waals surface area contributed by atoms with Crippen molar-refractivity contribution in [1.82, 2.24) is 9.88 Å². The first-order valence-corrected chi connectivity index (χ1v) is 6.95. The normalized spacial score (nSPS) is 15.4. The van der Waals surface area contributed by atoms with Crippen molar-refractivity contribution in [2.24, 2.45) is 0 Å². The van der Waals surface area contributed by atoms with Crippen LogP contribution in [0.3, 0.4) is 0 Å². The molecule has 0 unspecified atom stereocenters. The van der Waals surface area contributed by atoms with Gasteiger partial charge in [-0.2, -0.15) is 0 Å². The number of hydrogen-bond acceptors (Lipinski definition) is 2. The number of rotatable bonds is 2. The van der Waals surface area contributed by atoms with Crippen molar-refractivity contribution in [1.29, 1.82) is 0 Å². The molecule has 0 spiro atoms. The van der Waals surface area contributed by atoms with Gasteiger partial charge in [-0.15, -0.1) is 0 Å². The minimum Gasteiger partial charge on any atom is -0.357 e. The molecule has 0 saturated carbocycles. The number of hydrogen-bond donors (Lipinski definition) is 1. The summed E-state index contributed by atoms with van der Waals surface area (Å²) in [4.78, 5) is 30.8. The first-order chi connectivity index (χ1) is 10.2. The summed E-state index contributed by atoms with van der Waals surface area (Å²) >= 11 is 0. The van der Waals surface area contributed by atoms with E-state index in [9.17, 15) is 9.59 Å². The Balaban J connectivity index is 1.75. The molecule has 5 heteroatoms. The van der Waals surface area contributed by atoms with Gasteiger partial charge in [-0.3, -0.25) is 9.59 Å². The summed E-state index contributed by atoms with van der Waals surface area (Å²) in [7, 11) is 0. The van der Waals surface area contributed by atoms with E-state index in [-0.39, 0.29) is 18.4 Å². The van der Waals surface area contributed by atoms with Crippen molar-refractivity contribution in [3.63, 3.8) is 0 Å².